The van der Waals surface area contributed by atoms with E-state index in [1.807, 2.05) is 5.48 Å². The van der Waals surface area contributed by atoms with Crippen molar-refractivity contribution < 1.29 is 24.3 Å². The lowest BCUT2D eigenvalue weighted by atomic mass is 10.1. The smallest absolute Gasteiger partial charge is 0.329 e. The standard InChI is InChI=1S/C20H15Cl2N3O5S2/c1-9(12-8-31-18(17(12)27)11-3-4-13(21)14(22)7-11)23-24-19(28)15-5-6-16(32-15)20(29)25-30-10(2)26/h3-8,27H,1-2H3,(H,24,28)(H,25,29). The van der Waals surface area contributed by atoms with Gasteiger partial charge in [-0.2, -0.15) is 10.6 Å². The number of rotatable bonds is 5. The quantitative estimate of drug-likeness (QED) is 0.334. The van der Waals surface area contributed by atoms with E-state index in [4.69, 9.17) is 23.2 Å². The molecular weight excluding hydrogens is 497 g/mol. The molecule has 3 rings (SSSR count). The highest BCUT2D eigenvalue weighted by molar-refractivity contribution is 7.16. The molecule has 166 valence electrons. The Balaban J connectivity index is 1.70. The summed E-state index contributed by atoms with van der Waals surface area (Å²) in [7, 11) is 0. The first kappa shape index (κ1) is 23.7. The fourth-order valence-corrected chi connectivity index (χ4v) is 4.53. The van der Waals surface area contributed by atoms with E-state index in [-0.39, 0.29) is 15.5 Å². The van der Waals surface area contributed by atoms with E-state index >= 15 is 0 Å². The molecule has 0 bridgehead atoms. The maximum absolute atomic E-state index is 12.4. The van der Waals surface area contributed by atoms with Crippen LogP contribution in [0.5, 0.6) is 5.75 Å². The van der Waals surface area contributed by atoms with Crippen molar-refractivity contribution in [3.05, 3.63) is 61.1 Å². The molecule has 12 heteroatoms. The number of aromatic hydroxyl groups is 1. The topological polar surface area (TPSA) is 117 Å². The molecule has 1 aromatic carbocycles. The van der Waals surface area contributed by atoms with Crippen LogP contribution in [0.4, 0.5) is 0 Å². The molecule has 0 unspecified atom stereocenters. The van der Waals surface area contributed by atoms with E-state index in [1.54, 1.807) is 30.5 Å². The fraction of sp³-hybridized carbons (Fsp3) is 0.100. The third-order valence-corrected chi connectivity index (χ3v) is 6.84. The molecule has 32 heavy (non-hydrogen) atoms. The second-order valence-electron chi connectivity index (χ2n) is 6.28. The Hall–Kier alpha value is -2.92. The number of carbonyl (C=O) groups is 3. The summed E-state index contributed by atoms with van der Waals surface area (Å²) in [5.74, 6) is -1.86. The van der Waals surface area contributed by atoms with Gasteiger partial charge in [0.05, 0.1) is 36.0 Å². The van der Waals surface area contributed by atoms with Crippen molar-refractivity contribution in [1.82, 2.24) is 10.9 Å². The second kappa shape index (κ2) is 10.1. The summed E-state index contributed by atoms with van der Waals surface area (Å²) < 4.78 is 0. The van der Waals surface area contributed by atoms with Crippen molar-refractivity contribution in [2.45, 2.75) is 13.8 Å². The Labute approximate surface area is 200 Å². The van der Waals surface area contributed by atoms with Crippen LogP contribution in [0.1, 0.15) is 38.8 Å². The van der Waals surface area contributed by atoms with Gasteiger partial charge < -0.3 is 9.94 Å². The molecule has 2 aromatic heterocycles. The number of nitrogens with one attached hydrogen (secondary N) is 2. The van der Waals surface area contributed by atoms with Gasteiger partial charge in [-0.15, -0.1) is 22.7 Å². The van der Waals surface area contributed by atoms with Gasteiger partial charge in [-0.05, 0) is 36.8 Å². The van der Waals surface area contributed by atoms with Gasteiger partial charge in [0.15, 0.2) is 0 Å². The van der Waals surface area contributed by atoms with Gasteiger partial charge >= 0.3 is 5.97 Å². The van der Waals surface area contributed by atoms with Crippen molar-refractivity contribution >= 4 is 69.4 Å². The van der Waals surface area contributed by atoms with Crippen molar-refractivity contribution in [3.8, 4) is 16.2 Å². The van der Waals surface area contributed by atoms with E-state index in [2.05, 4.69) is 15.4 Å². The van der Waals surface area contributed by atoms with Crippen molar-refractivity contribution in [3.63, 3.8) is 0 Å². The van der Waals surface area contributed by atoms with Crippen LogP contribution in [-0.2, 0) is 9.63 Å². The fourth-order valence-electron chi connectivity index (χ4n) is 2.45. The Morgan fingerprint density at radius 2 is 1.72 bits per heavy atom. The van der Waals surface area contributed by atoms with Crippen LogP contribution in [0.2, 0.25) is 10.0 Å². The van der Waals surface area contributed by atoms with Crippen LogP contribution in [-0.4, -0.2) is 28.6 Å². The third kappa shape index (κ3) is 5.46. The van der Waals surface area contributed by atoms with Gasteiger partial charge in [0.2, 0.25) is 0 Å². The van der Waals surface area contributed by atoms with E-state index < -0.39 is 17.8 Å². The van der Waals surface area contributed by atoms with Gasteiger partial charge in [-0.1, -0.05) is 29.3 Å². The lowest BCUT2D eigenvalue weighted by molar-refractivity contribution is -0.146. The molecule has 3 N–H and O–H groups in total. The monoisotopic (exact) mass is 511 g/mol. The van der Waals surface area contributed by atoms with Crippen LogP contribution >= 0.6 is 45.9 Å². The number of hydroxylamine groups is 1. The molecule has 0 saturated heterocycles. The first-order valence-corrected chi connectivity index (χ1v) is 11.3. The molecule has 0 saturated carbocycles. The minimum Gasteiger partial charge on any atom is -0.506 e. The normalized spacial score (nSPS) is 11.2. The highest BCUT2D eigenvalue weighted by Crippen LogP contribution is 2.40. The van der Waals surface area contributed by atoms with Crippen LogP contribution in [0.3, 0.4) is 0 Å². The maximum atomic E-state index is 12.4. The van der Waals surface area contributed by atoms with Gasteiger partial charge in [-0.25, -0.2) is 5.43 Å². The number of halogens is 2. The zero-order valence-corrected chi connectivity index (χ0v) is 19.7. The molecule has 8 nitrogen and oxygen atoms in total. The van der Waals surface area contributed by atoms with E-state index in [1.165, 1.54) is 23.5 Å². The van der Waals surface area contributed by atoms with Crippen molar-refractivity contribution in [1.29, 1.82) is 0 Å². The summed E-state index contributed by atoms with van der Waals surface area (Å²) in [4.78, 5) is 40.4. The highest BCUT2D eigenvalue weighted by atomic mass is 35.5. The number of hydrogen-bond donors (Lipinski definition) is 3. The van der Waals surface area contributed by atoms with Crippen molar-refractivity contribution in [2.24, 2.45) is 5.10 Å². The van der Waals surface area contributed by atoms with Gasteiger partial charge in [0.25, 0.3) is 11.8 Å². The summed E-state index contributed by atoms with van der Waals surface area (Å²) >= 11 is 14.2. The largest absolute Gasteiger partial charge is 0.506 e. The summed E-state index contributed by atoms with van der Waals surface area (Å²) in [6, 6.07) is 7.89. The Morgan fingerprint density at radius 1 is 1.03 bits per heavy atom. The number of amides is 2. The molecular formula is C20H15Cl2N3O5S2. The van der Waals surface area contributed by atoms with Gasteiger partial charge in [-0.3, -0.25) is 14.4 Å². The number of hydrazone groups is 1. The molecule has 3 aromatic rings. The molecule has 2 heterocycles. The molecule has 0 aliphatic carbocycles. The molecule has 0 spiro atoms. The minimum atomic E-state index is -0.670. The average molecular weight is 512 g/mol. The molecule has 0 fully saturated rings. The predicted molar refractivity (Wildman–Crippen MR) is 125 cm³/mol. The Bertz CT molecular complexity index is 1240. The van der Waals surface area contributed by atoms with Gasteiger partial charge in [0.1, 0.15) is 5.75 Å². The average Bonchev–Trinajstić information content (AvgIpc) is 3.39. The second-order valence-corrected chi connectivity index (χ2v) is 9.06. The van der Waals surface area contributed by atoms with Crippen LogP contribution in [0.25, 0.3) is 10.4 Å². The molecule has 0 atom stereocenters. The SMILES string of the molecule is CC(=O)ONC(=O)c1ccc(C(=O)NN=C(C)c2csc(-c3ccc(Cl)c(Cl)c3)c2O)s1. The first-order valence-electron chi connectivity index (χ1n) is 8.85. The van der Waals surface area contributed by atoms with Crippen LogP contribution in [0.15, 0.2) is 40.8 Å². The summed E-state index contributed by atoms with van der Waals surface area (Å²) in [5, 5.41) is 17.1. The predicted octanol–water partition coefficient (Wildman–Crippen LogP) is 4.85. The number of nitrogens with zero attached hydrogens (tertiary/aromatic N) is 1. The van der Waals surface area contributed by atoms with Crippen molar-refractivity contribution in [2.75, 3.05) is 0 Å². The lowest BCUT2D eigenvalue weighted by Gasteiger charge is -2.04. The summed E-state index contributed by atoms with van der Waals surface area (Å²) in [5.41, 5.74) is 5.88. The molecule has 0 aliphatic heterocycles. The Kier molecular flexibility index (Phi) is 7.52. The number of benzene rings is 1. The Morgan fingerprint density at radius 3 is 2.38 bits per heavy atom. The van der Waals surface area contributed by atoms with E-state index in [0.717, 1.165) is 18.3 Å². The van der Waals surface area contributed by atoms with Crippen LogP contribution in [0, 0.1) is 0 Å². The molecule has 0 aliphatic rings. The number of carbonyl (C=O) groups excluding carboxylic acids is 3. The zero-order chi connectivity index (χ0) is 23.4. The lowest BCUT2D eigenvalue weighted by Crippen LogP contribution is -2.25. The summed E-state index contributed by atoms with van der Waals surface area (Å²) in [6.45, 7) is 2.78. The van der Waals surface area contributed by atoms with E-state index in [9.17, 15) is 19.5 Å². The zero-order valence-electron chi connectivity index (χ0n) is 16.6. The third-order valence-electron chi connectivity index (χ3n) is 4.00. The molecule has 2 amide bonds. The number of hydrogen-bond acceptors (Lipinski definition) is 8. The highest BCUT2D eigenvalue weighted by Gasteiger charge is 2.17. The number of thiophene rings is 2. The summed E-state index contributed by atoms with van der Waals surface area (Å²) in [6.07, 6.45) is 0. The van der Waals surface area contributed by atoms with Crippen LogP contribution < -0.4 is 10.9 Å². The first-order chi connectivity index (χ1) is 15.2. The maximum Gasteiger partial charge on any atom is 0.329 e. The van der Waals surface area contributed by atoms with E-state index in [0.29, 0.717) is 31.8 Å². The van der Waals surface area contributed by atoms with Gasteiger partial charge in [0, 0.05) is 12.3 Å². The molecule has 0 radical (unpaired) electrons. The minimum absolute atomic E-state index is 0.00411.